The first-order valence-corrected chi connectivity index (χ1v) is 4.81. The minimum Gasteiger partial charge on any atom is -0.497 e. The van der Waals surface area contributed by atoms with Crippen LogP contribution in [0.15, 0.2) is 24.3 Å². The van der Waals surface area contributed by atoms with Crippen LogP contribution in [0.3, 0.4) is 0 Å². The highest BCUT2D eigenvalue weighted by molar-refractivity contribution is 7.81. The fraction of sp³-hybridized carbons (Fsp3) is 0.455. The largest absolute Gasteiger partial charge is 0.497 e. The first kappa shape index (κ1) is 10.5. The minimum absolute atomic E-state index is 0.0502. The van der Waals surface area contributed by atoms with Gasteiger partial charge in [0.1, 0.15) is 5.75 Å². The Morgan fingerprint density at radius 3 is 2.15 bits per heavy atom. The van der Waals surface area contributed by atoms with Crippen molar-refractivity contribution in [3.63, 3.8) is 0 Å². The van der Waals surface area contributed by atoms with Gasteiger partial charge < -0.3 is 4.74 Å². The summed E-state index contributed by atoms with van der Waals surface area (Å²) in [6, 6.07) is 8.12. The quantitative estimate of drug-likeness (QED) is 0.731. The highest BCUT2D eigenvalue weighted by Crippen LogP contribution is 2.20. The van der Waals surface area contributed by atoms with E-state index in [4.69, 9.17) is 4.74 Å². The normalized spacial score (nSPS) is 11.4. The van der Waals surface area contributed by atoms with E-state index in [1.54, 1.807) is 7.11 Å². The Kier molecular flexibility index (Phi) is 3.26. The van der Waals surface area contributed by atoms with Gasteiger partial charge in [0.05, 0.1) is 7.11 Å². The summed E-state index contributed by atoms with van der Waals surface area (Å²) in [5, 5.41) is 0. The van der Waals surface area contributed by atoms with Crippen LogP contribution in [0.2, 0.25) is 0 Å². The number of rotatable bonds is 3. The molecule has 0 aromatic heterocycles. The van der Waals surface area contributed by atoms with Gasteiger partial charge >= 0.3 is 0 Å². The smallest absolute Gasteiger partial charge is 0.118 e. The number of benzene rings is 1. The summed E-state index contributed by atoms with van der Waals surface area (Å²) in [6.45, 7) is 4.22. The molecule has 0 amide bonds. The molecule has 0 atom stereocenters. The second kappa shape index (κ2) is 4.05. The molecule has 0 fully saturated rings. The lowest BCUT2D eigenvalue weighted by molar-refractivity contribution is 0.414. The molecule has 0 saturated heterocycles. The van der Waals surface area contributed by atoms with Gasteiger partial charge in [0.15, 0.2) is 0 Å². The van der Waals surface area contributed by atoms with Crippen molar-refractivity contribution < 1.29 is 4.74 Å². The van der Waals surface area contributed by atoms with Crippen LogP contribution >= 0.6 is 12.6 Å². The van der Waals surface area contributed by atoms with Crippen molar-refractivity contribution in [2.45, 2.75) is 25.0 Å². The highest BCUT2D eigenvalue weighted by Gasteiger charge is 2.11. The van der Waals surface area contributed by atoms with E-state index in [0.717, 1.165) is 12.2 Å². The van der Waals surface area contributed by atoms with Crippen molar-refractivity contribution >= 4 is 12.6 Å². The van der Waals surface area contributed by atoms with Gasteiger partial charge in [0.2, 0.25) is 0 Å². The molecule has 0 saturated carbocycles. The van der Waals surface area contributed by atoms with Crippen molar-refractivity contribution in [1.82, 2.24) is 0 Å². The Morgan fingerprint density at radius 2 is 1.77 bits per heavy atom. The Hall–Kier alpha value is -0.630. The first-order valence-electron chi connectivity index (χ1n) is 4.36. The number of thiol groups is 1. The minimum atomic E-state index is 0.0502. The van der Waals surface area contributed by atoms with Gasteiger partial charge in [-0.05, 0) is 24.1 Å². The van der Waals surface area contributed by atoms with E-state index in [1.165, 1.54) is 5.56 Å². The molecule has 1 aromatic carbocycles. The summed E-state index contributed by atoms with van der Waals surface area (Å²) in [4.78, 5) is 0. The van der Waals surface area contributed by atoms with E-state index >= 15 is 0 Å². The molecule has 0 spiro atoms. The van der Waals surface area contributed by atoms with Crippen LogP contribution in [0.4, 0.5) is 0 Å². The number of hydrogen-bond acceptors (Lipinski definition) is 2. The molecular weight excluding hydrogens is 180 g/mol. The number of hydrogen-bond donors (Lipinski definition) is 1. The van der Waals surface area contributed by atoms with Gasteiger partial charge in [-0.1, -0.05) is 26.0 Å². The molecule has 1 rings (SSSR count). The maximum atomic E-state index is 5.08. The van der Waals surface area contributed by atoms with Gasteiger partial charge in [-0.2, -0.15) is 12.6 Å². The third-order valence-electron chi connectivity index (χ3n) is 1.80. The van der Waals surface area contributed by atoms with Crippen LogP contribution in [-0.4, -0.2) is 11.9 Å². The second-order valence-electron chi connectivity index (χ2n) is 3.84. The van der Waals surface area contributed by atoms with Crippen LogP contribution in [0.5, 0.6) is 5.75 Å². The molecule has 1 aromatic rings. The number of ether oxygens (including phenoxy) is 1. The maximum Gasteiger partial charge on any atom is 0.118 e. The molecule has 0 radical (unpaired) electrons. The molecule has 0 aliphatic heterocycles. The van der Waals surface area contributed by atoms with Crippen molar-refractivity contribution in [3.05, 3.63) is 29.8 Å². The van der Waals surface area contributed by atoms with Gasteiger partial charge in [-0.25, -0.2) is 0 Å². The van der Waals surface area contributed by atoms with E-state index in [-0.39, 0.29) is 4.75 Å². The molecule has 2 heteroatoms. The lowest BCUT2D eigenvalue weighted by Crippen LogP contribution is -2.13. The topological polar surface area (TPSA) is 9.23 Å². The van der Waals surface area contributed by atoms with Crippen LogP contribution in [0.25, 0.3) is 0 Å². The fourth-order valence-corrected chi connectivity index (χ4v) is 1.43. The van der Waals surface area contributed by atoms with Crippen LogP contribution in [-0.2, 0) is 6.42 Å². The van der Waals surface area contributed by atoms with E-state index in [0.29, 0.717) is 0 Å². The Morgan fingerprint density at radius 1 is 1.23 bits per heavy atom. The molecule has 1 nitrogen and oxygen atoms in total. The Bertz CT molecular complexity index is 258. The lowest BCUT2D eigenvalue weighted by Gasteiger charge is -2.17. The van der Waals surface area contributed by atoms with Gasteiger partial charge in [-0.3, -0.25) is 0 Å². The van der Waals surface area contributed by atoms with E-state index in [9.17, 15) is 0 Å². The van der Waals surface area contributed by atoms with Gasteiger partial charge in [-0.15, -0.1) is 0 Å². The standard InChI is InChI=1S/C11H16OS/c1-11(2,13)8-9-4-6-10(12-3)7-5-9/h4-7,13H,8H2,1-3H3. The zero-order chi connectivity index (χ0) is 9.90. The highest BCUT2D eigenvalue weighted by atomic mass is 32.1. The molecule has 0 bridgehead atoms. The third kappa shape index (κ3) is 3.73. The summed E-state index contributed by atoms with van der Waals surface area (Å²) in [5.74, 6) is 0.903. The van der Waals surface area contributed by atoms with Crippen LogP contribution < -0.4 is 4.74 Å². The average molecular weight is 196 g/mol. The van der Waals surface area contributed by atoms with E-state index < -0.39 is 0 Å². The van der Waals surface area contributed by atoms with E-state index in [1.807, 2.05) is 12.1 Å². The maximum absolute atomic E-state index is 5.08. The van der Waals surface area contributed by atoms with Gasteiger partial charge in [0.25, 0.3) is 0 Å². The average Bonchev–Trinajstić information content (AvgIpc) is 2.03. The van der Waals surface area contributed by atoms with Crippen LogP contribution in [0, 0.1) is 0 Å². The summed E-state index contributed by atoms with van der Waals surface area (Å²) >= 11 is 4.48. The molecule has 0 aliphatic rings. The third-order valence-corrected chi connectivity index (χ3v) is 1.95. The Labute approximate surface area is 85.5 Å². The molecule has 72 valence electrons. The van der Waals surface area contributed by atoms with Crippen molar-refractivity contribution in [1.29, 1.82) is 0 Å². The molecule has 0 heterocycles. The monoisotopic (exact) mass is 196 g/mol. The Balaban J connectivity index is 2.70. The molecular formula is C11H16OS. The summed E-state index contributed by atoms with van der Waals surface area (Å²) in [6.07, 6.45) is 0.972. The predicted molar refractivity (Wildman–Crippen MR) is 59.8 cm³/mol. The van der Waals surface area contributed by atoms with Crippen LogP contribution in [0.1, 0.15) is 19.4 Å². The zero-order valence-electron chi connectivity index (χ0n) is 8.37. The van der Waals surface area contributed by atoms with E-state index in [2.05, 4.69) is 38.6 Å². The predicted octanol–water partition coefficient (Wildman–Crippen LogP) is 2.95. The summed E-state index contributed by atoms with van der Waals surface area (Å²) in [7, 11) is 1.68. The fourth-order valence-electron chi connectivity index (χ4n) is 1.24. The molecule has 0 aliphatic carbocycles. The van der Waals surface area contributed by atoms with Crippen molar-refractivity contribution in [2.24, 2.45) is 0 Å². The first-order chi connectivity index (χ1) is 6.01. The summed E-state index contributed by atoms with van der Waals surface area (Å²) < 4.78 is 5.13. The zero-order valence-corrected chi connectivity index (χ0v) is 9.27. The summed E-state index contributed by atoms with van der Waals surface area (Å²) in [5.41, 5.74) is 1.29. The van der Waals surface area contributed by atoms with Crippen molar-refractivity contribution in [3.8, 4) is 5.75 Å². The SMILES string of the molecule is COc1ccc(CC(C)(C)S)cc1. The molecule has 0 unspecified atom stereocenters. The lowest BCUT2D eigenvalue weighted by atomic mass is 10.0. The second-order valence-corrected chi connectivity index (χ2v) is 5.05. The van der Waals surface area contributed by atoms with Crippen molar-refractivity contribution in [2.75, 3.05) is 7.11 Å². The molecule has 0 N–H and O–H groups in total. The number of methoxy groups -OCH3 is 1. The molecule has 13 heavy (non-hydrogen) atoms. The van der Waals surface area contributed by atoms with Gasteiger partial charge in [0, 0.05) is 4.75 Å².